The second kappa shape index (κ2) is 6.79. The van der Waals surface area contributed by atoms with Crippen LogP contribution in [-0.2, 0) is 16.9 Å². The van der Waals surface area contributed by atoms with Gasteiger partial charge in [-0.15, -0.1) is 0 Å². The van der Waals surface area contributed by atoms with Crippen molar-refractivity contribution in [3.63, 3.8) is 0 Å². The second-order valence-corrected chi connectivity index (χ2v) is 6.71. The van der Waals surface area contributed by atoms with Crippen molar-refractivity contribution < 1.29 is 14.3 Å². The topological polar surface area (TPSA) is 50.2 Å². The summed E-state index contributed by atoms with van der Waals surface area (Å²) in [5.74, 6) is -0.528. The van der Waals surface area contributed by atoms with Crippen LogP contribution < -0.4 is 0 Å². The van der Waals surface area contributed by atoms with Gasteiger partial charge in [0, 0.05) is 18.2 Å². The van der Waals surface area contributed by atoms with Crippen LogP contribution in [0.4, 0.5) is 4.39 Å². The van der Waals surface area contributed by atoms with Crippen LogP contribution in [0.5, 0.6) is 0 Å². The number of nitrogens with zero attached hydrogens (tertiary/aromatic N) is 1. The quantitative estimate of drug-likeness (QED) is 0.859. The molecule has 0 amide bonds. The van der Waals surface area contributed by atoms with Gasteiger partial charge in [-0.1, -0.05) is 41.4 Å². The molecule has 0 radical (unpaired) electrons. The Labute approximate surface area is 149 Å². The Hall–Kier alpha value is -1.49. The molecular weight excluding hydrogens is 352 g/mol. The highest BCUT2D eigenvalue weighted by Crippen LogP contribution is 2.43. The molecule has 0 spiro atoms. The lowest BCUT2D eigenvalue weighted by atomic mass is 9.77. The van der Waals surface area contributed by atoms with E-state index in [1.165, 1.54) is 12.3 Å². The molecule has 6 heteroatoms. The van der Waals surface area contributed by atoms with E-state index in [-0.39, 0.29) is 30.5 Å². The maximum Gasteiger partial charge on any atom is 0.195 e. The number of carbonyl (C=O) groups is 1. The molecule has 1 aliphatic carbocycles. The summed E-state index contributed by atoms with van der Waals surface area (Å²) in [6.45, 7) is 0. The van der Waals surface area contributed by atoms with Gasteiger partial charge in [0.05, 0.1) is 21.8 Å². The van der Waals surface area contributed by atoms with E-state index in [0.29, 0.717) is 22.0 Å². The average Bonchev–Trinajstić information content (AvgIpc) is 2.59. The number of Topliss-reactive ketones (excluding diaryl/α,β-unsaturated/α-hetero) is 1. The number of aliphatic hydroxyl groups excluding tert-OH is 1. The summed E-state index contributed by atoms with van der Waals surface area (Å²) in [5.41, 5.74) is -0.983. The molecule has 1 aromatic heterocycles. The van der Waals surface area contributed by atoms with Crippen molar-refractivity contribution in [3.8, 4) is 0 Å². The van der Waals surface area contributed by atoms with Crippen LogP contribution in [-0.4, -0.2) is 15.9 Å². The molecule has 126 valence electrons. The summed E-state index contributed by atoms with van der Waals surface area (Å²) in [7, 11) is 0. The molecule has 0 bridgehead atoms. The highest BCUT2D eigenvalue weighted by atomic mass is 35.5. The zero-order valence-electron chi connectivity index (χ0n) is 12.8. The summed E-state index contributed by atoms with van der Waals surface area (Å²) >= 11 is 12.1. The molecule has 0 aliphatic heterocycles. The molecule has 3 rings (SSSR count). The van der Waals surface area contributed by atoms with Crippen LogP contribution in [0.15, 0.2) is 36.5 Å². The van der Waals surface area contributed by atoms with Crippen LogP contribution >= 0.6 is 23.2 Å². The number of halogens is 3. The Kier molecular flexibility index (Phi) is 4.90. The largest absolute Gasteiger partial charge is 0.387 e. The number of rotatable bonds is 4. The lowest BCUT2D eigenvalue weighted by molar-refractivity contribution is -0.133. The molecule has 1 heterocycles. The van der Waals surface area contributed by atoms with Crippen molar-refractivity contribution >= 4 is 29.0 Å². The van der Waals surface area contributed by atoms with Gasteiger partial charge in [0.25, 0.3) is 0 Å². The van der Waals surface area contributed by atoms with Gasteiger partial charge in [0.15, 0.2) is 11.5 Å². The normalized spacial score (nSPS) is 22.9. The standard InChI is InChI=1S/C18H16Cl2FNO2/c19-13-5-1-3-11(16(13)20)6-7-15(24)18(21)9-8-14(23)17-12(18)4-2-10-22-17/h1-5,10,14,23H,6-9H2. The van der Waals surface area contributed by atoms with Gasteiger partial charge in [0.2, 0.25) is 0 Å². The fourth-order valence-electron chi connectivity index (χ4n) is 3.10. The average molecular weight is 368 g/mol. The Morgan fingerprint density at radius 2 is 2.12 bits per heavy atom. The van der Waals surface area contributed by atoms with Gasteiger partial charge in [-0.05, 0) is 37.0 Å². The summed E-state index contributed by atoms with van der Waals surface area (Å²) < 4.78 is 15.5. The highest BCUT2D eigenvalue weighted by molar-refractivity contribution is 6.42. The smallest absolute Gasteiger partial charge is 0.195 e. The highest BCUT2D eigenvalue weighted by Gasteiger charge is 2.45. The third-order valence-electron chi connectivity index (χ3n) is 4.44. The number of pyridine rings is 1. The number of alkyl halides is 1. The van der Waals surface area contributed by atoms with Crippen molar-refractivity contribution in [1.29, 1.82) is 0 Å². The molecule has 24 heavy (non-hydrogen) atoms. The minimum atomic E-state index is -2.12. The Balaban J connectivity index is 1.82. The molecule has 0 saturated carbocycles. The molecule has 1 aromatic carbocycles. The number of ketones is 1. The van der Waals surface area contributed by atoms with Crippen molar-refractivity contribution in [2.75, 3.05) is 0 Å². The van der Waals surface area contributed by atoms with Crippen molar-refractivity contribution in [3.05, 3.63) is 63.4 Å². The van der Waals surface area contributed by atoms with Gasteiger partial charge < -0.3 is 5.11 Å². The second-order valence-electron chi connectivity index (χ2n) is 5.93. The molecule has 1 aliphatic rings. The molecule has 2 aromatic rings. The maximum atomic E-state index is 15.5. The van der Waals surface area contributed by atoms with Crippen LogP contribution in [0.3, 0.4) is 0 Å². The van der Waals surface area contributed by atoms with Gasteiger partial charge >= 0.3 is 0 Å². The predicted octanol–water partition coefficient (Wildman–Crippen LogP) is 4.58. The van der Waals surface area contributed by atoms with Crippen LogP contribution in [0, 0.1) is 0 Å². The first-order valence-electron chi connectivity index (χ1n) is 7.72. The third-order valence-corrected chi connectivity index (χ3v) is 5.30. The maximum absolute atomic E-state index is 15.5. The monoisotopic (exact) mass is 367 g/mol. The van der Waals surface area contributed by atoms with Gasteiger partial charge in [-0.25, -0.2) is 4.39 Å². The molecule has 0 saturated heterocycles. The Bertz CT molecular complexity index is 783. The van der Waals surface area contributed by atoms with E-state index in [9.17, 15) is 9.90 Å². The van der Waals surface area contributed by atoms with E-state index in [1.807, 2.05) is 0 Å². The number of benzene rings is 1. The lowest BCUT2D eigenvalue weighted by Gasteiger charge is -2.32. The van der Waals surface area contributed by atoms with Crippen LogP contribution in [0.25, 0.3) is 0 Å². The first-order valence-corrected chi connectivity index (χ1v) is 8.47. The number of aliphatic hydroxyl groups is 1. The van der Waals surface area contributed by atoms with Crippen molar-refractivity contribution in [1.82, 2.24) is 4.98 Å². The van der Waals surface area contributed by atoms with E-state index in [2.05, 4.69) is 4.98 Å². The van der Waals surface area contributed by atoms with Crippen molar-refractivity contribution in [2.24, 2.45) is 0 Å². The molecule has 2 atom stereocenters. The van der Waals surface area contributed by atoms with E-state index < -0.39 is 17.6 Å². The zero-order valence-corrected chi connectivity index (χ0v) is 14.3. The Morgan fingerprint density at radius 1 is 1.33 bits per heavy atom. The van der Waals surface area contributed by atoms with Gasteiger partial charge in [-0.3, -0.25) is 9.78 Å². The lowest BCUT2D eigenvalue weighted by Crippen LogP contribution is -2.36. The Morgan fingerprint density at radius 3 is 2.92 bits per heavy atom. The summed E-state index contributed by atoms with van der Waals surface area (Å²) in [6.07, 6.45) is 1.09. The van der Waals surface area contributed by atoms with Crippen molar-refractivity contribution in [2.45, 2.75) is 37.5 Å². The van der Waals surface area contributed by atoms with Crippen LogP contribution in [0.2, 0.25) is 10.0 Å². The minimum Gasteiger partial charge on any atom is -0.387 e. The first kappa shape index (κ1) is 17.3. The van der Waals surface area contributed by atoms with E-state index in [0.717, 1.165) is 0 Å². The number of carbonyl (C=O) groups excluding carboxylic acids is 1. The summed E-state index contributed by atoms with van der Waals surface area (Å²) in [4.78, 5) is 16.6. The molecular formula is C18H16Cl2FNO2. The molecule has 1 N–H and O–H groups in total. The number of aryl methyl sites for hydroxylation is 1. The van der Waals surface area contributed by atoms with E-state index in [1.54, 1.807) is 24.3 Å². The first-order chi connectivity index (χ1) is 11.4. The molecule has 0 fully saturated rings. The molecule has 3 nitrogen and oxygen atoms in total. The zero-order chi connectivity index (χ0) is 17.3. The molecule has 2 unspecified atom stereocenters. The summed E-state index contributed by atoms with van der Waals surface area (Å²) in [6, 6.07) is 8.28. The fourth-order valence-corrected chi connectivity index (χ4v) is 3.52. The number of hydrogen-bond donors (Lipinski definition) is 1. The predicted molar refractivity (Wildman–Crippen MR) is 91.0 cm³/mol. The SMILES string of the molecule is O=C(CCc1cccc(Cl)c1Cl)C1(F)CCC(O)c2ncccc21. The van der Waals surface area contributed by atoms with Gasteiger partial charge in [-0.2, -0.15) is 0 Å². The van der Waals surface area contributed by atoms with Gasteiger partial charge in [0.1, 0.15) is 0 Å². The number of fused-ring (bicyclic) bond motifs is 1. The van der Waals surface area contributed by atoms with Crippen LogP contribution in [0.1, 0.15) is 42.2 Å². The summed E-state index contributed by atoms with van der Waals surface area (Å²) in [5, 5.41) is 10.8. The minimum absolute atomic E-state index is 0.000984. The number of hydrogen-bond acceptors (Lipinski definition) is 3. The fraction of sp³-hybridized carbons (Fsp3) is 0.333. The van der Waals surface area contributed by atoms with E-state index >= 15 is 4.39 Å². The number of aromatic nitrogens is 1. The van der Waals surface area contributed by atoms with E-state index in [4.69, 9.17) is 23.2 Å². The third kappa shape index (κ3) is 3.06.